The van der Waals surface area contributed by atoms with E-state index in [1.807, 2.05) is 30.3 Å². The number of hydrogen-bond acceptors (Lipinski definition) is 5. The minimum absolute atomic E-state index is 0.0287. The Hall–Kier alpha value is -3.91. The van der Waals surface area contributed by atoms with Crippen LogP contribution in [0.15, 0.2) is 59.4 Å². The number of aromatic carboxylic acids is 1. The van der Waals surface area contributed by atoms with Crippen LogP contribution in [0.2, 0.25) is 5.02 Å². The summed E-state index contributed by atoms with van der Waals surface area (Å²) >= 11 is 6.22. The Balaban J connectivity index is 2.08. The van der Waals surface area contributed by atoms with Gasteiger partial charge in [-0.2, -0.15) is 5.10 Å². The lowest BCUT2D eigenvalue weighted by Gasteiger charge is -2.18. The van der Waals surface area contributed by atoms with Gasteiger partial charge in [0.1, 0.15) is 11.4 Å². The summed E-state index contributed by atoms with van der Waals surface area (Å²) in [4.78, 5) is 37.8. The van der Waals surface area contributed by atoms with E-state index in [0.29, 0.717) is 32.6 Å². The van der Waals surface area contributed by atoms with E-state index in [1.54, 1.807) is 18.2 Å². The number of ether oxygens (including phenoxy) is 1. The van der Waals surface area contributed by atoms with Crippen molar-refractivity contribution in [2.24, 2.45) is 7.05 Å². The Kier molecular flexibility index (Phi) is 5.54. The molecule has 0 aliphatic rings. The van der Waals surface area contributed by atoms with Gasteiger partial charge in [0.05, 0.1) is 19.3 Å². The number of fused-ring (bicyclic) bond motifs is 1. The van der Waals surface area contributed by atoms with E-state index >= 15 is 0 Å². The second-order valence-corrected chi connectivity index (χ2v) is 7.55. The molecular formula is C23H18ClN3O5. The molecule has 0 unspecified atom stereocenters. The van der Waals surface area contributed by atoms with Crippen LogP contribution in [-0.4, -0.2) is 38.5 Å². The molecule has 2 heterocycles. The summed E-state index contributed by atoms with van der Waals surface area (Å²) in [7, 11) is 2.73. The Labute approximate surface area is 187 Å². The Morgan fingerprint density at radius 2 is 1.81 bits per heavy atom. The highest BCUT2D eigenvalue weighted by Crippen LogP contribution is 2.33. The summed E-state index contributed by atoms with van der Waals surface area (Å²) in [5.74, 6) is -1.86. The third-order valence-corrected chi connectivity index (χ3v) is 5.38. The molecule has 4 aromatic rings. The number of carboxylic acids is 1. The summed E-state index contributed by atoms with van der Waals surface area (Å²) in [6.07, 6.45) is 0. The van der Waals surface area contributed by atoms with Gasteiger partial charge in [-0.05, 0) is 35.2 Å². The van der Waals surface area contributed by atoms with Crippen LogP contribution < -0.4 is 5.56 Å². The van der Waals surface area contributed by atoms with Gasteiger partial charge >= 0.3 is 11.9 Å². The van der Waals surface area contributed by atoms with Crippen molar-refractivity contribution in [2.45, 2.75) is 6.54 Å². The first kappa shape index (κ1) is 21.3. The van der Waals surface area contributed by atoms with Crippen LogP contribution in [0.1, 0.15) is 26.7 Å². The first-order chi connectivity index (χ1) is 15.3. The largest absolute Gasteiger partial charge is 0.477 e. The van der Waals surface area contributed by atoms with Gasteiger partial charge in [-0.25, -0.2) is 9.59 Å². The molecule has 2 aromatic carbocycles. The molecule has 0 atom stereocenters. The Morgan fingerprint density at radius 1 is 1.09 bits per heavy atom. The van der Waals surface area contributed by atoms with Crippen molar-refractivity contribution < 1.29 is 19.4 Å². The van der Waals surface area contributed by atoms with Crippen LogP contribution in [0.25, 0.3) is 21.9 Å². The lowest BCUT2D eigenvalue weighted by molar-refractivity contribution is 0.0587. The molecule has 0 aliphatic carbocycles. The lowest BCUT2D eigenvalue weighted by Crippen LogP contribution is -2.28. The second-order valence-electron chi connectivity index (χ2n) is 7.11. The molecule has 2 aromatic heterocycles. The third-order valence-electron chi connectivity index (χ3n) is 5.14. The molecule has 0 bridgehead atoms. The highest BCUT2D eigenvalue weighted by atomic mass is 35.5. The molecule has 162 valence electrons. The number of carbonyl (C=O) groups is 2. The number of halogens is 1. The van der Waals surface area contributed by atoms with E-state index in [2.05, 4.69) is 5.10 Å². The predicted molar refractivity (Wildman–Crippen MR) is 119 cm³/mol. The molecule has 0 saturated carbocycles. The zero-order chi connectivity index (χ0) is 23.0. The van der Waals surface area contributed by atoms with Gasteiger partial charge < -0.3 is 9.84 Å². The maximum Gasteiger partial charge on any atom is 0.355 e. The minimum Gasteiger partial charge on any atom is -0.477 e. The molecular weight excluding hydrogens is 434 g/mol. The van der Waals surface area contributed by atoms with Crippen molar-refractivity contribution in [1.29, 1.82) is 0 Å². The quantitative estimate of drug-likeness (QED) is 0.465. The first-order valence-electron chi connectivity index (χ1n) is 9.57. The average molecular weight is 452 g/mol. The molecule has 1 N–H and O–H groups in total. The van der Waals surface area contributed by atoms with E-state index in [-0.39, 0.29) is 17.9 Å². The van der Waals surface area contributed by atoms with Crippen molar-refractivity contribution in [3.8, 4) is 11.1 Å². The van der Waals surface area contributed by atoms with Gasteiger partial charge in [0, 0.05) is 23.0 Å². The maximum atomic E-state index is 13.5. The number of hydrogen-bond donors (Lipinski definition) is 1. The fourth-order valence-electron chi connectivity index (χ4n) is 3.74. The smallest absolute Gasteiger partial charge is 0.355 e. The number of carbonyl (C=O) groups excluding carboxylic acids is 1. The van der Waals surface area contributed by atoms with Crippen molar-refractivity contribution in [3.05, 3.63) is 87.1 Å². The van der Waals surface area contributed by atoms with Crippen LogP contribution in [-0.2, 0) is 18.3 Å². The topological polar surface area (TPSA) is 103 Å². The summed E-state index contributed by atoms with van der Waals surface area (Å²) < 4.78 is 7.50. The Morgan fingerprint density at radius 3 is 2.44 bits per heavy atom. The van der Waals surface area contributed by atoms with Gasteiger partial charge in [-0.15, -0.1) is 0 Å². The molecule has 9 heteroatoms. The van der Waals surface area contributed by atoms with E-state index < -0.39 is 17.5 Å². The molecule has 0 radical (unpaired) electrons. The fraction of sp³-hybridized carbons (Fsp3) is 0.130. The number of methoxy groups -OCH3 is 1. The number of benzene rings is 2. The standard InChI is InChI=1S/C23H18ClN3O5/c1-26-18(22(29)30)11-15(25-26)12-27-20(23(31)32-2)19(13-6-4-3-5-7-13)17-10-14(24)8-9-16(17)21(27)28/h3-11H,12H2,1-2H3,(H,29,30). The molecule has 0 spiro atoms. The van der Waals surface area contributed by atoms with Crippen LogP contribution in [0.4, 0.5) is 0 Å². The van der Waals surface area contributed by atoms with E-state index in [0.717, 1.165) is 0 Å². The number of aromatic nitrogens is 3. The molecule has 8 nitrogen and oxygen atoms in total. The van der Waals surface area contributed by atoms with Crippen LogP contribution in [0.3, 0.4) is 0 Å². The van der Waals surface area contributed by atoms with Gasteiger partial charge in [0.15, 0.2) is 0 Å². The Bertz CT molecular complexity index is 1420. The van der Waals surface area contributed by atoms with Crippen LogP contribution in [0, 0.1) is 0 Å². The van der Waals surface area contributed by atoms with Crippen molar-refractivity contribution in [2.75, 3.05) is 7.11 Å². The molecule has 0 aliphatic heterocycles. The number of aryl methyl sites for hydroxylation is 1. The molecule has 32 heavy (non-hydrogen) atoms. The SMILES string of the molecule is COC(=O)c1c(-c2ccccc2)c2cc(Cl)ccc2c(=O)n1Cc1cc(C(=O)O)n(C)n1. The average Bonchev–Trinajstić information content (AvgIpc) is 3.15. The molecule has 0 fully saturated rings. The van der Waals surface area contributed by atoms with Crippen LogP contribution >= 0.6 is 11.6 Å². The van der Waals surface area contributed by atoms with E-state index in [1.165, 1.54) is 29.5 Å². The summed E-state index contributed by atoms with van der Waals surface area (Å²) in [6, 6.07) is 15.3. The van der Waals surface area contributed by atoms with E-state index in [9.17, 15) is 19.5 Å². The van der Waals surface area contributed by atoms with Gasteiger partial charge in [0.2, 0.25) is 0 Å². The molecule has 0 saturated heterocycles. The second kappa shape index (κ2) is 8.32. The van der Waals surface area contributed by atoms with Gasteiger partial charge in [-0.1, -0.05) is 41.9 Å². The van der Waals surface area contributed by atoms with Crippen molar-refractivity contribution in [3.63, 3.8) is 0 Å². The normalized spacial score (nSPS) is 11.0. The number of rotatable bonds is 5. The third kappa shape index (κ3) is 3.65. The summed E-state index contributed by atoms with van der Waals surface area (Å²) in [5, 5.41) is 14.8. The summed E-state index contributed by atoms with van der Waals surface area (Å²) in [6.45, 7) is -0.122. The zero-order valence-electron chi connectivity index (χ0n) is 17.2. The van der Waals surface area contributed by atoms with Crippen molar-refractivity contribution >= 4 is 34.3 Å². The first-order valence-corrected chi connectivity index (χ1v) is 9.95. The highest BCUT2D eigenvalue weighted by Gasteiger charge is 2.25. The van der Waals surface area contributed by atoms with E-state index in [4.69, 9.17) is 16.3 Å². The number of nitrogens with zero attached hydrogens (tertiary/aromatic N) is 3. The number of esters is 1. The minimum atomic E-state index is -1.15. The number of pyridine rings is 1. The van der Waals surface area contributed by atoms with Crippen LogP contribution in [0.5, 0.6) is 0 Å². The van der Waals surface area contributed by atoms with Gasteiger partial charge in [-0.3, -0.25) is 14.0 Å². The summed E-state index contributed by atoms with van der Waals surface area (Å²) in [5.41, 5.74) is 1.04. The molecule has 0 amide bonds. The zero-order valence-corrected chi connectivity index (χ0v) is 18.0. The highest BCUT2D eigenvalue weighted by molar-refractivity contribution is 6.31. The monoisotopic (exact) mass is 451 g/mol. The number of carboxylic acid groups (broad SMARTS) is 1. The lowest BCUT2D eigenvalue weighted by atomic mass is 9.96. The van der Waals surface area contributed by atoms with Crippen molar-refractivity contribution in [1.82, 2.24) is 14.3 Å². The van der Waals surface area contributed by atoms with Gasteiger partial charge in [0.25, 0.3) is 5.56 Å². The fourth-order valence-corrected chi connectivity index (χ4v) is 3.91. The maximum absolute atomic E-state index is 13.5. The molecule has 4 rings (SSSR count). The predicted octanol–water partition coefficient (Wildman–Crippen LogP) is 3.59.